The Morgan fingerprint density at radius 2 is 2.20 bits per heavy atom. The number of carboxylic acid groups (broad SMARTS) is 1. The summed E-state index contributed by atoms with van der Waals surface area (Å²) in [7, 11) is 0. The number of nitroso groups, excluding NO2 is 1. The molecule has 0 aliphatic carbocycles. The molecule has 0 amide bonds. The second kappa shape index (κ2) is 1.93. The van der Waals surface area contributed by atoms with Gasteiger partial charge in [0.1, 0.15) is 5.41 Å². The zero-order valence-electron chi connectivity index (χ0n) is 5.57. The van der Waals surface area contributed by atoms with Crippen LogP contribution in [0.25, 0.3) is 0 Å². The van der Waals surface area contributed by atoms with Gasteiger partial charge >= 0.3 is 5.97 Å². The molecule has 56 valence electrons. The van der Waals surface area contributed by atoms with Gasteiger partial charge in [0, 0.05) is 0 Å². The highest BCUT2D eigenvalue weighted by molar-refractivity contribution is 5.75. The van der Waals surface area contributed by atoms with Crippen LogP contribution in [0.4, 0.5) is 0 Å². The summed E-state index contributed by atoms with van der Waals surface area (Å²) in [5.74, 6) is -0.868. The van der Waals surface area contributed by atoms with E-state index >= 15 is 0 Å². The standard InChI is InChI=1S/C5H8N2O3/c1-5(4(8)9)2-7(3-5)6-10/h2-3H2,1H3,(H,8,9). The topological polar surface area (TPSA) is 70.0 Å². The van der Waals surface area contributed by atoms with Crippen molar-refractivity contribution in [3.8, 4) is 0 Å². The van der Waals surface area contributed by atoms with Crippen molar-refractivity contribution in [3.05, 3.63) is 4.91 Å². The molecular formula is C5H8N2O3. The van der Waals surface area contributed by atoms with E-state index in [1.165, 1.54) is 5.01 Å². The first-order valence-electron chi connectivity index (χ1n) is 2.90. The monoisotopic (exact) mass is 144 g/mol. The average molecular weight is 144 g/mol. The zero-order chi connectivity index (χ0) is 7.78. The van der Waals surface area contributed by atoms with Crippen LogP contribution in [0.5, 0.6) is 0 Å². The van der Waals surface area contributed by atoms with Crippen LogP contribution in [0.15, 0.2) is 5.29 Å². The van der Waals surface area contributed by atoms with Crippen LogP contribution in [0.3, 0.4) is 0 Å². The maximum atomic E-state index is 10.4. The van der Waals surface area contributed by atoms with Crippen LogP contribution >= 0.6 is 0 Å². The molecule has 0 saturated carbocycles. The molecule has 0 spiro atoms. The number of carbonyl (C=O) groups is 1. The smallest absolute Gasteiger partial charge is 0.313 e. The van der Waals surface area contributed by atoms with E-state index < -0.39 is 11.4 Å². The highest BCUT2D eigenvalue weighted by Crippen LogP contribution is 2.29. The minimum Gasteiger partial charge on any atom is -0.481 e. The van der Waals surface area contributed by atoms with Crippen LogP contribution in [-0.2, 0) is 4.79 Å². The lowest BCUT2D eigenvalue weighted by Crippen LogP contribution is -2.56. The van der Waals surface area contributed by atoms with Crippen molar-refractivity contribution < 1.29 is 9.90 Å². The Morgan fingerprint density at radius 1 is 1.70 bits per heavy atom. The number of carboxylic acids is 1. The predicted octanol–water partition coefficient (Wildman–Crippen LogP) is 0.0743. The molecule has 1 rings (SSSR count). The summed E-state index contributed by atoms with van der Waals surface area (Å²) < 4.78 is 0. The van der Waals surface area contributed by atoms with E-state index in [-0.39, 0.29) is 13.1 Å². The Hall–Kier alpha value is -1.13. The maximum absolute atomic E-state index is 10.4. The van der Waals surface area contributed by atoms with Gasteiger partial charge in [-0.05, 0) is 6.92 Å². The zero-order valence-corrected chi connectivity index (χ0v) is 5.57. The van der Waals surface area contributed by atoms with Gasteiger partial charge in [0.25, 0.3) is 0 Å². The van der Waals surface area contributed by atoms with Crippen molar-refractivity contribution >= 4 is 5.97 Å². The van der Waals surface area contributed by atoms with Crippen LogP contribution < -0.4 is 0 Å². The van der Waals surface area contributed by atoms with Crippen molar-refractivity contribution in [2.45, 2.75) is 6.92 Å². The molecule has 0 radical (unpaired) electrons. The van der Waals surface area contributed by atoms with Crippen molar-refractivity contribution in [3.63, 3.8) is 0 Å². The summed E-state index contributed by atoms with van der Waals surface area (Å²) in [6.07, 6.45) is 0. The van der Waals surface area contributed by atoms with Gasteiger partial charge in [0.2, 0.25) is 0 Å². The highest BCUT2D eigenvalue weighted by Gasteiger charge is 2.45. The molecule has 1 aliphatic rings. The third-order valence-electron chi connectivity index (χ3n) is 1.69. The fraction of sp³-hybridized carbons (Fsp3) is 0.800. The molecule has 1 heterocycles. The highest BCUT2D eigenvalue weighted by atomic mass is 16.4. The van der Waals surface area contributed by atoms with E-state index in [0.29, 0.717) is 0 Å². The first-order valence-corrected chi connectivity index (χ1v) is 2.90. The molecule has 0 aromatic rings. The second-order valence-electron chi connectivity index (χ2n) is 2.77. The fourth-order valence-electron chi connectivity index (χ4n) is 0.952. The van der Waals surface area contributed by atoms with Gasteiger partial charge in [-0.1, -0.05) is 0 Å². The molecule has 5 nitrogen and oxygen atoms in total. The molecule has 0 aromatic heterocycles. The van der Waals surface area contributed by atoms with E-state index in [1.54, 1.807) is 6.92 Å². The first kappa shape index (κ1) is 6.98. The Morgan fingerprint density at radius 3 is 2.50 bits per heavy atom. The number of aliphatic carboxylic acids is 1. The number of rotatable bonds is 2. The fourth-order valence-corrected chi connectivity index (χ4v) is 0.952. The molecule has 0 aromatic carbocycles. The number of hydrogen-bond acceptors (Lipinski definition) is 3. The number of nitrogens with zero attached hydrogens (tertiary/aromatic N) is 2. The molecule has 0 unspecified atom stereocenters. The van der Waals surface area contributed by atoms with Crippen molar-refractivity contribution in [2.24, 2.45) is 10.7 Å². The summed E-state index contributed by atoms with van der Waals surface area (Å²) in [5, 5.41) is 12.3. The molecule has 10 heavy (non-hydrogen) atoms. The van der Waals surface area contributed by atoms with Gasteiger partial charge in [0.15, 0.2) is 0 Å². The van der Waals surface area contributed by atoms with E-state index in [9.17, 15) is 9.70 Å². The van der Waals surface area contributed by atoms with Crippen LogP contribution in [0, 0.1) is 10.3 Å². The molecule has 1 fully saturated rings. The largest absolute Gasteiger partial charge is 0.481 e. The van der Waals surface area contributed by atoms with Crippen molar-refractivity contribution in [2.75, 3.05) is 13.1 Å². The Balaban J connectivity index is 2.49. The lowest BCUT2D eigenvalue weighted by Gasteiger charge is -2.40. The van der Waals surface area contributed by atoms with E-state index in [4.69, 9.17) is 5.11 Å². The third kappa shape index (κ3) is 0.832. The summed E-state index contributed by atoms with van der Waals surface area (Å²) in [6, 6.07) is 0. The molecule has 0 bridgehead atoms. The molecule has 0 atom stereocenters. The van der Waals surface area contributed by atoms with Gasteiger partial charge in [-0.2, -0.15) is 0 Å². The molecule has 1 aliphatic heterocycles. The summed E-state index contributed by atoms with van der Waals surface area (Å²) >= 11 is 0. The summed E-state index contributed by atoms with van der Waals surface area (Å²) in [6.45, 7) is 2.05. The van der Waals surface area contributed by atoms with Crippen LogP contribution in [-0.4, -0.2) is 29.2 Å². The predicted molar refractivity (Wildman–Crippen MR) is 33.1 cm³/mol. The molecule has 1 saturated heterocycles. The van der Waals surface area contributed by atoms with Gasteiger partial charge in [-0.15, -0.1) is 4.91 Å². The molecular weight excluding hydrogens is 136 g/mol. The van der Waals surface area contributed by atoms with Gasteiger partial charge in [-0.3, -0.25) is 9.80 Å². The first-order chi connectivity index (χ1) is 4.58. The quantitative estimate of drug-likeness (QED) is 0.557. The van der Waals surface area contributed by atoms with Crippen LogP contribution in [0.2, 0.25) is 0 Å². The minimum absolute atomic E-state index is 0.228. The van der Waals surface area contributed by atoms with Crippen molar-refractivity contribution in [1.29, 1.82) is 0 Å². The van der Waals surface area contributed by atoms with Crippen LogP contribution in [0.1, 0.15) is 6.92 Å². The van der Waals surface area contributed by atoms with E-state index in [0.717, 1.165) is 0 Å². The minimum atomic E-state index is -0.868. The van der Waals surface area contributed by atoms with E-state index in [1.807, 2.05) is 0 Å². The summed E-state index contributed by atoms with van der Waals surface area (Å²) in [4.78, 5) is 20.2. The Labute approximate surface area is 57.6 Å². The third-order valence-corrected chi connectivity index (χ3v) is 1.69. The number of hydrogen-bond donors (Lipinski definition) is 1. The van der Waals surface area contributed by atoms with Gasteiger partial charge in [-0.25, -0.2) is 0 Å². The maximum Gasteiger partial charge on any atom is 0.313 e. The molecule has 1 N–H and O–H groups in total. The Kier molecular flexibility index (Phi) is 1.35. The lowest BCUT2D eigenvalue weighted by atomic mass is 9.84. The Bertz CT molecular complexity index is 174. The SMILES string of the molecule is CC1(C(=O)O)CN(N=O)C1. The van der Waals surface area contributed by atoms with E-state index in [2.05, 4.69) is 5.29 Å². The second-order valence-corrected chi connectivity index (χ2v) is 2.77. The lowest BCUT2D eigenvalue weighted by molar-refractivity contribution is -0.158. The summed E-state index contributed by atoms with van der Waals surface area (Å²) in [5.41, 5.74) is -0.756. The van der Waals surface area contributed by atoms with Gasteiger partial charge < -0.3 is 5.11 Å². The average Bonchev–Trinajstić information content (AvgIpc) is 1.80. The molecule has 5 heteroatoms. The normalized spacial score (nSPS) is 21.5. The van der Waals surface area contributed by atoms with Gasteiger partial charge in [0.05, 0.1) is 18.4 Å². The van der Waals surface area contributed by atoms with Crippen molar-refractivity contribution in [1.82, 2.24) is 5.01 Å².